The van der Waals surface area contributed by atoms with E-state index in [2.05, 4.69) is 0 Å². The molecule has 0 aliphatic carbocycles. The molecule has 0 radical (unpaired) electrons. The van der Waals surface area contributed by atoms with Gasteiger partial charge in [-0.05, 0) is 13.8 Å². The van der Waals surface area contributed by atoms with E-state index in [1.807, 2.05) is 0 Å². The van der Waals surface area contributed by atoms with Crippen molar-refractivity contribution in [3.63, 3.8) is 0 Å². The first-order chi connectivity index (χ1) is 9.13. The molecule has 2 heterocycles. The predicted octanol–water partition coefficient (Wildman–Crippen LogP) is -1.19. The van der Waals surface area contributed by atoms with Gasteiger partial charge in [-0.3, -0.25) is 4.18 Å². The fraction of sp³-hybridized carbons (Fsp3) is 1.00. The molecule has 0 aromatic heterocycles. The lowest BCUT2D eigenvalue weighted by Crippen LogP contribution is -2.41. The zero-order valence-corrected chi connectivity index (χ0v) is 12.4. The molecule has 9 heteroatoms. The van der Waals surface area contributed by atoms with E-state index in [-0.39, 0.29) is 6.61 Å². The number of hydrogen-bond acceptors (Lipinski definition) is 8. The molecule has 118 valence electrons. The quantitative estimate of drug-likeness (QED) is 0.610. The van der Waals surface area contributed by atoms with Crippen molar-refractivity contribution in [2.75, 3.05) is 19.5 Å². The van der Waals surface area contributed by atoms with Crippen LogP contribution in [-0.2, 0) is 28.5 Å². The molecule has 2 fully saturated rings. The van der Waals surface area contributed by atoms with Crippen molar-refractivity contribution in [2.45, 2.75) is 44.2 Å². The summed E-state index contributed by atoms with van der Waals surface area (Å²) in [6.45, 7) is 2.70. The van der Waals surface area contributed by atoms with E-state index in [9.17, 15) is 13.5 Å². The van der Waals surface area contributed by atoms with Gasteiger partial charge in [0.05, 0.1) is 25.6 Å². The van der Waals surface area contributed by atoms with Gasteiger partial charge in [0.1, 0.15) is 12.2 Å². The summed E-state index contributed by atoms with van der Waals surface area (Å²) in [5.74, 6) is -1.41. The van der Waals surface area contributed by atoms with Crippen LogP contribution in [0.4, 0.5) is 0 Å². The molecule has 0 aromatic rings. The monoisotopic (exact) mass is 312 g/mol. The van der Waals surface area contributed by atoms with Gasteiger partial charge >= 0.3 is 0 Å². The Hall–Kier alpha value is -0.290. The zero-order chi connectivity index (χ0) is 15.1. The molecule has 2 N–H and O–H groups in total. The molecule has 2 saturated heterocycles. The summed E-state index contributed by atoms with van der Waals surface area (Å²) in [6.07, 6.45) is -2.31. The van der Waals surface area contributed by atoms with Crippen LogP contribution in [0.3, 0.4) is 0 Å². The van der Waals surface area contributed by atoms with E-state index in [0.29, 0.717) is 0 Å². The Morgan fingerprint density at radius 3 is 2.55 bits per heavy atom. The van der Waals surface area contributed by atoms with Crippen molar-refractivity contribution in [1.82, 2.24) is 0 Å². The fourth-order valence-electron chi connectivity index (χ4n) is 2.47. The Labute approximate surface area is 117 Å². The first-order valence-electron chi connectivity index (χ1n) is 6.27. The minimum absolute atomic E-state index is 0.207. The molecule has 0 aromatic carbocycles. The summed E-state index contributed by atoms with van der Waals surface area (Å²) >= 11 is 0. The van der Waals surface area contributed by atoms with Crippen molar-refractivity contribution >= 4 is 10.1 Å². The number of fused-ring (bicyclic) bond motifs is 1. The topological polar surface area (TPSA) is 112 Å². The van der Waals surface area contributed by atoms with Gasteiger partial charge in [0.2, 0.25) is 0 Å². The molecule has 0 bridgehead atoms. The Morgan fingerprint density at radius 1 is 1.35 bits per heavy atom. The van der Waals surface area contributed by atoms with E-state index >= 15 is 0 Å². The lowest BCUT2D eigenvalue weighted by Gasteiger charge is -2.27. The molecular formula is C11H20O8S. The number of aliphatic hydroxyl groups is 2. The van der Waals surface area contributed by atoms with Gasteiger partial charge in [-0.1, -0.05) is 0 Å². The van der Waals surface area contributed by atoms with Gasteiger partial charge in [0, 0.05) is 5.92 Å². The third-order valence-electron chi connectivity index (χ3n) is 3.26. The molecule has 0 saturated carbocycles. The molecule has 2 aliphatic rings. The summed E-state index contributed by atoms with van der Waals surface area (Å²) in [6, 6.07) is 0. The van der Waals surface area contributed by atoms with E-state index in [4.69, 9.17) is 23.5 Å². The fourth-order valence-corrected chi connectivity index (χ4v) is 2.87. The Kier molecular flexibility index (Phi) is 4.41. The maximum Gasteiger partial charge on any atom is 0.264 e. The molecule has 5 atom stereocenters. The van der Waals surface area contributed by atoms with E-state index in [0.717, 1.165) is 6.26 Å². The van der Waals surface area contributed by atoms with Crippen molar-refractivity contribution in [2.24, 2.45) is 5.92 Å². The largest absolute Gasteiger partial charge is 0.394 e. The minimum atomic E-state index is -3.62. The molecule has 2 rings (SSSR count). The average molecular weight is 312 g/mol. The summed E-state index contributed by atoms with van der Waals surface area (Å²) in [4.78, 5) is 0. The lowest BCUT2D eigenvalue weighted by molar-refractivity contribution is -0.223. The second kappa shape index (κ2) is 5.48. The van der Waals surface area contributed by atoms with Crippen molar-refractivity contribution in [3.05, 3.63) is 0 Å². The Bertz CT molecular complexity index is 447. The Balaban J connectivity index is 2.12. The van der Waals surface area contributed by atoms with Gasteiger partial charge in [0.25, 0.3) is 10.1 Å². The maximum atomic E-state index is 11.1. The van der Waals surface area contributed by atoms with Gasteiger partial charge in [-0.2, -0.15) is 8.42 Å². The van der Waals surface area contributed by atoms with E-state index in [1.165, 1.54) is 0 Å². The number of rotatable bonds is 5. The lowest BCUT2D eigenvalue weighted by atomic mass is 9.96. The van der Waals surface area contributed by atoms with Gasteiger partial charge in [-0.25, -0.2) is 0 Å². The summed E-state index contributed by atoms with van der Waals surface area (Å²) in [7, 11) is -3.62. The SMILES string of the molecule is CC1(C)O[C@H]2O[C@H]([C@H](O)CO)[C@@H](COS(C)(=O)=O)[C@H]2O1. The van der Waals surface area contributed by atoms with Gasteiger partial charge in [0.15, 0.2) is 12.1 Å². The summed E-state index contributed by atoms with van der Waals surface area (Å²) < 4.78 is 43.7. The predicted molar refractivity (Wildman–Crippen MR) is 66.1 cm³/mol. The second-order valence-electron chi connectivity index (χ2n) is 5.47. The van der Waals surface area contributed by atoms with Crippen molar-refractivity contribution < 1.29 is 37.0 Å². The number of aliphatic hydroxyl groups excluding tert-OH is 2. The Morgan fingerprint density at radius 2 is 2.00 bits per heavy atom. The zero-order valence-electron chi connectivity index (χ0n) is 11.6. The summed E-state index contributed by atoms with van der Waals surface area (Å²) in [5.41, 5.74) is 0. The molecule has 20 heavy (non-hydrogen) atoms. The highest BCUT2D eigenvalue weighted by molar-refractivity contribution is 7.85. The first-order valence-corrected chi connectivity index (χ1v) is 8.09. The summed E-state index contributed by atoms with van der Waals surface area (Å²) in [5, 5.41) is 18.8. The highest BCUT2D eigenvalue weighted by Gasteiger charge is 2.56. The standard InChI is InChI=1S/C11H20O8S/c1-11(2)18-9-6(5-16-20(3,14)15)8(7(13)4-12)17-10(9)19-11/h6-10,12-13H,4-5H2,1-3H3/t6-,7-,8+,9-,10-/m1/s1. The molecule has 0 spiro atoms. The van der Waals surface area contributed by atoms with E-state index in [1.54, 1.807) is 13.8 Å². The number of ether oxygens (including phenoxy) is 3. The van der Waals surface area contributed by atoms with Crippen LogP contribution < -0.4 is 0 Å². The van der Waals surface area contributed by atoms with Crippen LogP contribution in [0.25, 0.3) is 0 Å². The van der Waals surface area contributed by atoms with Crippen LogP contribution >= 0.6 is 0 Å². The van der Waals surface area contributed by atoms with Crippen LogP contribution in [0.15, 0.2) is 0 Å². The molecule has 8 nitrogen and oxygen atoms in total. The van der Waals surface area contributed by atoms with Crippen molar-refractivity contribution in [1.29, 1.82) is 0 Å². The number of hydrogen-bond donors (Lipinski definition) is 2. The van der Waals surface area contributed by atoms with Crippen LogP contribution in [0.5, 0.6) is 0 Å². The smallest absolute Gasteiger partial charge is 0.264 e. The second-order valence-corrected chi connectivity index (χ2v) is 7.12. The third kappa shape index (κ3) is 3.48. The molecular weight excluding hydrogens is 292 g/mol. The van der Waals surface area contributed by atoms with Gasteiger partial charge < -0.3 is 24.4 Å². The first kappa shape index (κ1) is 16.1. The van der Waals surface area contributed by atoms with Gasteiger partial charge in [-0.15, -0.1) is 0 Å². The van der Waals surface area contributed by atoms with Crippen LogP contribution in [0.2, 0.25) is 0 Å². The molecule has 0 amide bonds. The van der Waals surface area contributed by atoms with Crippen LogP contribution in [0, 0.1) is 5.92 Å². The van der Waals surface area contributed by atoms with Crippen LogP contribution in [0.1, 0.15) is 13.8 Å². The highest BCUT2D eigenvalue weighted by atomic mass is 32.2. The van der Waals surface area contributed by atoms with Crippen LogP contribution in [-0.4, -0.2) is 68.5 Å². The third-order valence-corrected chi connectivity index (χ3v) is 3.83. The van der Waals surface area contributed by atoms with E-state index < -0.39 is 53.0 Å². The maximum absolute atomic E-state index is 11.1. The molecule has 0 unspecified atom stereocenters. The highest BCUT2D eigenvalue weighted by Crippen LogP contribution is 2.41. The minimum Gasteiger partial charge on any atom is -0.394 e. The normalized spacial score (nSPS) is 37.9. The molecule has 2 aliphatic heterocycles. The average Bonchev–Trinajstić information content (AvgIpc) is 2.76. The van der Waals surface area contributed by atoms with Crippen molar-refractivity contribution in [3.8, 4) is 0 Å².